The van der Waals surface area contributed by atoms with Gasteiger partial charge < -0.3 is 14.5 Å². The summed E-state index contributed by atoms with van der Waals surface area (Å²) >= 11 is 0. The van der Waals surface area contributed by atoms with Crippen molar-refractivity contribution in [2.24, 2.45) is 0 Å². The normalized spacial score (nSPS) is 15.0. The molecule has 4 heterocycles. The smallest absolute Gasteiger partial charge is 0.138 e. The Kier molecular flexibility index (Phi) is 8.06. The predicted molar refractivity (Wildman–Crippen MR) is 305 cm³/mol. The first-order valence-electron chi connectivity index (χ1n) is 29.6. The fourth-order valence-corrected chi connectivity index (χ4v) is 10.4. The Bertz CT molecular complexity index is 4530. The quantitative estimate of drug-likeness (QED) is 0.173. The van der Waals surface area contributed by atoms with Gasteiger partial charge >= 0.3 is 0 Å². The maximum atomic E-state index is 10.0. The zero-order valence-electron chi connectivity index (χ0n) is 51.4. The Hall–Kier alpha value is -8.67. The fraction of sp³-hybridized carbons (Fsp3) is 0.132. The highest BCUT2D eigenvalue weighted by Crippen LogP contribution is 2.52. The lowest BCUT2D eigenvalue weighted by Gasteiger charge is -2.29. The van der Waals surface area contributed by atoms with Crippen LogP contribution in [-0.2, 0) is 10.8 Å². The van der Waals surface area contributed by atoms with E-state index >= 15 is 0 Å². The second-order valence-corrected chi connectivity index (χ2v) is 20.9. The molecule has 2 aromatic heterocycles. The van der Waals surface area contributed by atoms with E-state index in [0.717, 1.165) is 72.8 Å². The molecule has 10 bridgehead atoms. The first-order valence-corrected chi connectivity index (χ1v) is 24.6. The van der Waals surface area contributed by atoms with Gasteiger partial charge in [0.05, 0.1) is 47.5 Å². The molecule has 0 saturated carbocycles. The molecule has 5 nitrogen and oxygen atoms in total. The molecule has 0 aliphatic carbocycles. The summed E-state index contributed by atoms with van der Waals surface area (Å²) in [6.07, 6.45) is 0. The number of rotatable bonds is 2. The third kappa shape index (κ3) is 7.75. The molecule has 5 heteroatoms. The monoisotopic (exact) mass is 955 g/mol. The zero-order valence-corrected chi connectivity index (χ0v) is 41.4. The largest absolute Gasteiger partial charge is 0.457 e. The topological polar surface area (TPSA) is 33.5 Å². The molecule has 0 spiro atoms. The Morgan fingerprint density at radius 3 is 1.93 bits per heavy atom. The lowest BCUT2D eigenvalue weighted by Crippen LogP contribution is -2.25. The summed E-state index contributed by atoms with van der Waals surface area (Å²) in [5.41, 5.74) is 11.7. The van der Waals surface area contributed by atoms with Gasteiger partial charge in [0, 0.05) is 45.3 Å². The van der Waals surface area contributed by atoms with Crippen LogP contribution in [-0.4, -0.2) is 16.2 Å². The maximum absolute atomic E-state index is 10.0. The lowest BCUT2D eigenvalue weighted by atomic mass is 9.86. The number of pyridine rings is 1. The molecule has 0 fully saturated rings. The minimum atomic E-state index is -0.655. The van der Waals surface area contributed by atoms with Crippen molar-refractivity contribution < 1.29 is 18.4 Å². The van der Waals surface area contributed by atoms with Crippen molar-refractivity contribution in [3.8, 4) is 73.1 Å². The number of hydrogen-bond acceptors (Lipinski definition) is 4. The van der Waals surface area contributed by atoms with Crippen molar-refractivity contribution in [2.75, 3.05) is 16.5 Å². The number of aromatic nitrogens is 2. The van der Waals surface area contributed by atoms with E-state index in [0.29, 0.717) is 23.9 Å². The number of fused-ring (bicyclic) bond motifs is 23. The van der Waals surface area contributed by atoms with Gasteiger partial charge in [0.2, 0.25) is 0 Å². The van der Waals surface area contributed by atoms with Crippen LogP contribution in [0.3, 0.4) is 0 Å². The highest BCUT2D eigenvalue weighted by molar-refractivity contribution is 6.11. The van der Waals surface area contributed by atoms with Crippen molar-refractivity contribution >= 4 is 44.6 Å². The molecule has 0 saturated heterocycles. The third-order valence-corrected chi connectivity index (χ3v) is 14.1. The van der Waals surface area contributed by atoms with Crippen LogP contribution in [0.2, 0.25) is 0 Å². The number of para-hydroxylation sites is 3. The van der Waals surface area contributed by atoms with E-state index in [2.05, 4.69) is 154 Å². The van der Waals surface area contributed by atoms with Gasteiger partial charge in [0.1, 0.15) is 24.0 Å². The third-order valence-electron chi connectivity index (χ3n) is 14.1. The van der Waals surface area contributed by atoms with Crippen LogP contribution < -0.4 is 14.5 Å². The highest BCUT2D eigenvalue weighted by atomic mass is 16.5. The molecule has 0 unspecified atom stereocenters. The van der Waals surface area contributed by atoms with Gasteiger partial charge in [-0.2, -0.15) is 0 Å². The Labute approximate surface area is 442 Å². The maximum Gasteiger partial charge on any atom is 0.138 e. The number of hydrogen-bond donors (Lipinski definition) is 0. The van der Waals surface area contributed by atoms with E-state index in [9.17, 15) is 6.85 Å². The minimum Gasteiger partial charge on any atom is -0.457 e. The first-order chi connectivity index (χ1) is 39.6. The Balaban J connectivity index is 1.17. The van der Waals surface area contributed by atoms with E-state index in [1.807, 2.05) is 48.5 Å². The number of nitrogens with zero attached hydrogens (tertiary/aromatic N) is 4. The van der Waals surface area contributed by atoms with Crippen LogP contribution in [0.15, 0.2) is 218 Å². The zero-order chi connectivity index (χ0) is 58.3. The SMILES string of the molecule is [2H]c1c([2H])c([2H])c(-c2c([2H])c([2H])c3c(c2[2H])c2c([2H])c([2H])c4cc2n3-c2cc(C(C)(C)C)cc(n2)-c2cccc(c2)-c2ccccc2-c2cccc(-c3ccccc3)c2N2CN(c3cc(cc(C(C)(C)C)c3)O4)c3ccccc32)c([2H])c1[2H]. The standard InChI is InChI=1S/C68H56N4O/c1-67(2,3)49-37-51-41-53(38-49)73-52-32-33-57-59-36-46(44-19-9-7-10-20-44)31-34-61(59)72(64(57)42-52)65-40-50(68(4,5)6)39-60(69-65)48-24-17-23-47(35-48)54-25-13-14-26-56(54)58-28-18-27-55(45-21-11-8-12-22-45)66(58)71-43-70(51)62-29-15-16-30-63(62)71/h7-42H,43H2,1-6H3/i7D,9D,10D,19D,20D,31D,32D,33D,34D,36D. The van der Waals surface area contributed by atoms with E-state index in [4.69, 9.17) is 16.6 Å². The highest BCUT2D eigenvalue weighted by Gasteiger charge is 2.33. The van der Waals surface area contributed by atoms with E-state index in [1.54, 1.807) is 10.6 Å². The van der Waals surface area contributed by atoms with Crippen LogP contribution >= 0.6 is 0 Å². The average Bonchev–Trinajstić information content (AvgIpc) is 2.38. The summed E-state index contributed by atoms with van der Waals surface area (Å²) in [5.74, 6) is 0.704. The second-order valence-electron chi connectivity index (χ2n) is 20.9. The van der Waals surface area contributed by atoms with Crippen LogP contribution in [0.1, 0.15) is 66.4 Å². The molecular weight excluding hydrogens is 889 g/mol. The molecule has 9 aromatic carbocycles. The molecular formula is C68H56N4O. The van der Waals surface area contributed by atoms with E-state index < -0.39 is 64.7 Å². The first kappa shape index (κ1) is 34.6. The molecule has 2 aliphatic rings. The Morgan fingerprint density at radius 1 is 0.466 bits per heavy atom. The molecule has 13 rings (SSSR count). The summed E-state index contributed by atoms with van der Waals surface area (Å²) in [4.78, 5) is 10.1. The van der Waals surface area contributed by atoms with Crippen molar-refractivity contribution in [1.29, 1.82) is 0 Å². The van der Waals surface area contributed by atoms with Crippen LogP contribution in [0.5, 0.6) is 11.5 Å². The fourth-order valence-electron chi connectivity index (χ4n) is 10.4. The van der Waals surface area contributed by atoms with Gasteiger partial charge in [-0.1, -0.05) is 181 Å². The summed E-state index contributed by atoms with van der Waals surface area (Å²) < 4.78 is 101. The molecule has 11 aromatic rings. The van der Waals surface area contributed by atoms with Gasteiger partial charge in [0.15, 0.2) is 0 Å². The molecule has 73 heavy (non-hydrogen) atoms. The minimum absolute atomic E-state index is 0.00648. The number of benzene rings is 9. The van der Waals surface area contributed by atoms with E-state index in [1.165, 1.54) is 0 Å². The molecule has 354 valence electrons. The van der Waals surface area contributed by atoms with Crippen molar-refractivity contribution in [2.45, 2.75) is 52.4 Å². The van der Waals surface area contributed by atoms with Gasteiger partial charge in [-0.15, -0.1) is 0 Å². The van der Waals surface area contributed by atoms with Gasteiger partial charge in [-0.3, -0.25) is 4.57 Å². The number of anilines is 4. The summed E-state index contributed by atoms with van der Waals surface area (Å²) in [7, 11) is 0. The number of ether oxygens (including phenoxy) is 1. The van der Waals surface area contributed by atoms with Crippen molar-refractivity contribution in [1.82, 2.24) is 9.55 Å². The predicted octanol–water partition coefficient (Wildman–Crippen LogP) is 18.5. The summed E-state index contributed by atoms with van der Waals surface area (Å²) in [6.45, 7) is 13.1. The van der Waals surface area contributed by atoms with Crippen LogP contribution in [0.25, 0.3) is 83.4 Å². The molecule has 2 aliphatic heterocycles. The summed E-state index contributed by atoms with van der Waals surface area (Å²) in [5, 5.41) is 0.0497. The van der Waals surface area contributed by atoms with Gasteiger partial charge in [-0.05, 0) is 122 Å². The van der Waals surface area contributed by atoms with Crippen molar-refractivity contribution in [3.05, 3.63) is 229 Å². The molecule has 0 radical (unpaired) electrons. The summed E-state index contributed by atoms with van der Waals surface area (Å²) in [6, 6.07) is 48.5. The van der Waals surface area contributed by atoms with Crippen LogP contribution in [0, 0.1) is 0 Å². The molecule has 0 N–H and O–H groups in total. The van der Waals surface area contributed by atoms with Gasteiger partial charge in [0.25, 0.3) is 0 Å². The molecule has 0 atom stereocenters. The second kappa shape index (κ2) is 17.0. The Morgan fingerprint density at radius 2 is 1.14 bits per heavy atom. The molecule has 0 amide bonds. The van der Waals surface area contributed by atoms with Gasteiger partial charge in [-0.25, -0.2) is 4.98 Å². The lowest BCUT2D eigenvalue weighted by molar-refractivity contribution is 0.479. The van der Waals surface area contributed by atoms with Crippen LogP contribution in [0.4, 0.5) is 22.7 Å². The van der Waals surface area contributed by atoms with E-state index in [-0.39, 0.29) is 45.2 Å². The van der Waals surface area contributed by atoms with Crippen molar-refractivity contribution in [3.63, 3.8) is 0 Å². The average molecular weight is 955 g/mol.